The van der Waals surface area contributed by atoms with E-state index in [-0.39, 0.29) is 11.7 Å². The summed E-state index contributed by atoms with van der Waals surface area (Å²) in [6, 6.07) is 6.49. The fourth-order valence-electron chi connectivity index (χ4n) is 5.20. The zero-order chi connectivity index (χ0) is 23.7. The smallest absolute Gasteiger partial charge is 0.330 e. The van der Waals surface area contributed by atoms with Crippen LogP contribution in [-0.2, 0) is 7.05 Å². The van der Waals surface area contributed by atoms with Crippen molar-refractivity contribution >= 4 is 28.5 Å². The van der Waals surface area contributed by atoms with Gasteiger partial charge in [0.15, 0.2) is 5.65 Å². The van der Waals surface area contributed by atoms with Gasteiger partial charge in [-0.25, -0.2) is 9.78 Å². The first-order valence-corrected chi connectivity index (χ1v) is 12.5. The number of imidazole rings is 1. The molecule has 2 aliphatic rings. The predicted molar refractivity (Wildman–Crippen MR) is 135 cm³/mol. The Morgan fingerprint density at radius 3 is 2.71 bits per heavy atom. The van der Waals surface area contributed by atoms with Gasteiger partial charge in [0.05, 0.1) is 18.5 Å². The van der Waals surface area contributed by atoms with Gasteiger partial charge in [0.2, 0.25) is 5.95 Å². The molecule has 1 N–H and O–H groups in total. The predicted octanol–water partition coefficient (Wildman–Crippen LogP) is 3.53. The van der Waals surface area contributed by atoms with Crippen LogP contribution in [0, 0.1) is 0 Å². The number of aromatic nitrogens is 4. The number of nitrogens with one attached hydrogen (secondary N) is 1. The molecule has 2 fully saturated rings. The highest BCUT2D eigenvalue weighted by Crippen LogP contribution is 2.33. The number of aryl methyl sites for hydroxylation is 1. The largest absolute Gasteiger partial charge is 0.492 e. The molecule has 1 aliphatic heterocycles. The van der Waals surface area contributed by atoms with Crippen molar-refractivity contribution in [3.63, 3.8) is 0 Å². The molecule has 182 valence electrons. The van der Waals surface area contributed by atoms with Crippen LogP contribution in [-0.4, -0.2) is 63.8 Å². The van der Waals surface area contributed by atoms with E-state index in [1.165, 1.54) is 5.69 Å². The zero-order valence-electron chi connectivity index (χ0n) is 20.5. The highest BCUT2D eigenvalue weighted by molar-refractivity contribution is 5.74. The number of rotatable bonds is 6. The average molecular weight is 466 g/mol. The van der Waals surface area contributed by atoms with E-state index < -0.39 is 0 Å². The zero-order valence-corrected chi connectivity index (χ0v) is 20.5. The number of anilines is 3. The van der Waals surface area contributed by atoms with Crippen LogP contribution in [0.15, 0.2) is 29.2 Å². The Hall–Kier alpha value is -3.07. The maximum absolute atomic E-state index is 12.9. The molecule has 0 radical (unpaired) electrons. The van der Waals surface area contributed by atoms with Gasteiger partial charge < -0.3 is 19.9 Å². The third kappa shape index (κ3) is 4.36. The van der Waals surface area contributed by atoms with Gasteiger partial charge in [0.1, 0.15) is 11.3 Å². The lowest BCUT2D eigenvalue weighted by atomic mass is 10.2. The number of fused-ring (bicyclic) bond motifs is 1. The van der Waals surface area contributed by atoms with Crippen LogP contribution in [0.4, 0.5) is 17.3 Å². The van der Waals surface area contributed by atoms with Gasteiger partial charge >= 0.3 is 5.69 Å². The molecule has 0 bridgehead atoms. The van der Waals surface area contributed by atoms with E-state index >= 15 is 0 Å². The van der Waals surface area contributed by atoms with Crippen LogP contribution in [0.2, 0.25) is 0 Å². The molecule has 3 aromatic rings. The molecule has 1 saturated heterocycles. The molecule has 0 unspecified atom stereocenters. The monoisotopic (exact) mass is 465 g/mol. The summed E-state index contributed by atoms with van der Waals surface area (Å²) in [7, 11) is 3.97. The molecular weight excluding hydrogens is 430 g/mol. The van der Waals surface area contributed by atoms with Crippen LogP contribution in [0.3, 0.4) is 0 Å². The quantitative estimate of drug-likeness (QED) is 0.596. The highest BCUT2D eigenvalue weighted by atomic mass is 16.5. The number of hydrogen-bond acceptors (Lipinski definition) is 7. The number of hydrogen-bond donors (Lipinski definition) is 1. The third-order valence-electron chi connectivity index (χ3n) is 7.12. The molecule has 1 aliphatic carbocycles. The van der Waals surface area contributed by atoms with Gasteiger partial charge in [-0.2, -0.15) is 4.98 Å². The Morgan fingerprint density at radius 2 is 1.91 bits per heavy atom. The highest BCUT2D eigenvalue weighted by Gasteiger charge is 2.24. The summed E-state index contributed by atoms with van der Waals surface area (Å²) in [5, 5.41) is 3.35. The molecule has 0 amide bonds. The summed E-state index contributed by atoms with van der Waals surface area (Å²) < 4.78 is 9.50. The Bertz CT molecular complexity index is 1210. The second kappa shape index (κ2) is 9.66. The van der Waals surface area contributed by atoms with Crippen molar-refractivity contribution < 1.29 is 4.74 Å². The number of ether oxygens (including phenoxy) is 1. The first-order chi connectivity index (χ1) is 16.5. The Balaban J connectivity index is 1.45. The summed E-state index contributed by atoms with van der Waals surface area (Å²) in [4.78, 5) is 27.0. The van der Waals surface area contributed by atoms with Crippen LogP contribution in [0.5, 0.6) is 5.75 Å². The van der Waals surface area contributed by atoms with E-state index in [9.17, 15) is 4.79 Å². The molecule has 0 spiro atoms. The molecule has 0 atom stereocenters. The fourth-order valence-corrected chi connectivity index (χ4v) is 5.20. The van der Waals surface area contributed by atoms with Gasteiger partial charge in [-0.3, -0.25) is 9.13 Å². The Labute approximate surface area is 200 Å². The molecule has 34 heavy (non-hydrogen) atoms. The van der Waals surface area contributed by atoms with Crippen molar-refractivity contribution in [2.45, 2.75) is 45.1 Å². The van der Waals surface area contributed by atoms with Crippen molar-refractivity contribution in [2.75, 3.05) is 50.1 Å². The minimum atomic E-state index is -0.0178. The Morgan fingerprint density at radius 1 is 1.09 bits per heavy atom. The van der Waals surface area contributed by atoms with Crippen LogP contribution in [0.25, 0.3) is 11.2 Å². The van der Waals surface area contributed by atoms with Crippen molar-refractivity contribution in [1.29, 1.82) is 0 Å². The topological polar surface area (TPSA) is 80.5 Å². The second-order valence-electron chi connectivity index (χ2n) is 9.43. The van der Waals surface area contributed by atoms with Gasteiger partial charge in [0, 0.05) is 44.5 Å². The third-order valence-corrected chi connectivity index (χ3v) is 7.12. The number of benzene rings is 1. The Kier molecular flexibility index (Phi) is 6.45. The number of likely N-dealkylation sites (N-methyl/N-ethyl adjacent to an activating group) is 1. The molecule has 9 nitrogen and oxygen atoms in total. The summed E-state index contributed by atoms with van der Waals surface area (Å²) >= 11 is 0. The molecule has 2 aromatic heterocycles. The molecule has 1 aromatic carbocycles. The summed E-state index contributed by atoms with van der Waals surface area (Å²) in [5.74, 6) is 1.25. The lowest BCUT2D eigenvalue weighted by Crippen LogP contribution is -2.28. The fraction of sp³-hybridized carbons (Fsp3) is 0.560. The molecule has 1 saturated carbocycles. The first kappa shape index (κ1) is 22.7. The second-order valence-corrected chi connectivity index (χ2v) is 9.43. The van der Waals surface area contributed by atoms with E-state index in [0.29, 0.717) is 18.2 Å². The molecule has 9 heteroatoms. The van der Waals surface area contributed by atoms with Gasteiger partial charge in [-0.1, -0.05) is 12.8 Å². The van der Waals surface area contributed by atoms with E-state index in [4.69, 9.17) is 9.72 Å². The molecule has 5 rings (SSSR count). The average Bonchev–Trinajstić information content (AvgIpc) is 3.37. The van der Waals surface area contributed by atoms with E-state index in [2.05, 4.69) is 39.3 Å². The van der Waals surface area contributed by atoms with Crippen LogP contribution < -0.4 is 20.6 Å². The van der Waals surface area contributed by atoms with E-state index in [1.807, 2.05) is 17.6 Å². The van der Waals surface area contributed by atoms with Crippen LogP contribution >= 0.6 is 0 Å². The van der Waals surface area contributed by atoms with E-state index in [0.717, 1.165) is 75.2 Å². The van der Waals surface area contributed by atoms with Gasteiger partial charge in [-0.05, 0) is 51.9 Å². The standard InChI is InChI=1S/C25H35N7O2/c1-4-34-22-16-19(31-13-7-12-29(2)14-15-31)10-11-20(22)27-24-26-17-21-23(28-24)32(25(33)30(21)3)18-8-5-6-9-18/h10-11,16-18H,4-9,12-15H2,1-3H3,(H,26,27,28). The lowest BCUT2D eigenvalue weighted by molar-refractivity contribution is 0.342. The minimum absolute atomic E-state index is 0.0178. The number of nitrogens with zero attached hydrogens (tertiary/aromatic N) is 6. The van der Waals surface area contributed by atoms with Crippen molar-refractivity contribution in [3.05, 3.63) is 34.9 Å². The van der Waals surface area contributed by atoms with Gasteiger partial charge in [0.25, 0.3) is 0 Å². The minimum Gasteiger partial charge on any atom is -0.492 e. The van der Waals surface area contributed by atoms with Gasteiger partial charge in [-0.15, -0.1) is 0 Å². The van der Waals surface area contributed by atoms with Crippen molar-refractivity contribution in [1.82, 2.24) is 24.0 Å². The van der Waals surface area contributed by atoms with Crippen molar-refractivity contribution in [3.8, 4) is 5.75 Å². The van der Waals surface area contributed by atoms with E-state index in [1.54, 1.807) is 17.8 Å². The molecular formula is C25H35N7O2. The maximum Gasteiger partial charge on any atom is 0.330 e. The SMILES string of the molecule is CCOc1cc(N2CCCN(C)CC2)ccc1Nc1ncc2c(n1)n(C1CCCC1)c(=O)n2C. The van der Waals surface area contributed by atoms with Crippen LogP contribution in [0.1, 0.15) is 45.1 Å². The normalized spacial score (nSPS) is 17.9. The van der Waals surface area contributed by atoms with Crippen molar-refractivity contribution in [2.24, 2.45) is 7.05 Å². The lowest BCUT2D eigenvalue weighted by Gasteiger charge is -2.24. The maximum atomic E-state index is 12.9. The summed E-state index contributed by atoms with van der Waals surface area (Å²) in [5.41, 5.74) is 3.42. The summed E-state index contributed by atoms with van der Waals surface area (Å²) in [6.45, 7) is 6.78. The molecule has 3 heterocycles. The first-order valence-electron chi connectivity index (χ1n) is 12.5. The summed E-state index contributed by atoms with van der Waals surface area (Å²) in [6.07, 6.45) is 7.23.